The molecular formula is C28H39Cl2N5O2. The van der Waals surface area contributed by atoms with Gasteiger partial charge in [0.25, 0.3) is 0 Å². The number of carbonyl (C=O) groups excluding carboxylic acids is 2. The van der Waals surface area contributed by atoms with Gasteiger partial charge in [0.1, 0.15) is 0 Å². The number of hydrogen-bond acceptors (Lipinski definition) is 5. The number of anilines is 1. The van der Waals surface area contributed by atoms with E-state index in [4.69, 9.17) is 4.98 Å². The number of aromatic nitrogens is 1. The molecule has 9 heteroatoms. The first kappa shape index (κ1) is 29.4. The molecule has 4 heterocycles. The molecule has 202 valence electrons. The van der Waals surface area contributed by atoms with Crippen molar-refractivity contribution in [3.8, 4) is 0 Å². The molecule has 3 aliphatic heterocycles. The Kier molecular flexibility index (Phi) is 9.62. The number of fused-ring (bicyclic) bond motifs is 1. The zero-order chi connectivity index (χ0) is 24.6. The third kappa shape index (κ3) is 6.45. The maximum atomic E-state index is 13.7. The van der Waals surface area contributed by atoms with E-state index in [1.807, 2.05) is 22.1 Å². The van der Waals surface area contributed by atoms with E-state index in [0.717, 1.165) is 49.4 Å². The highest BCUT2D eigenvalue weighted by Gasteiger charge is 2.41. The minimum Gasteiger partial charge on any atom is -0.341 e. The smallest absolute Gasteiger partial charge is 0.241 e. The maximum Gasteiger partial charge on any atom is 0.241 e. The van der Waals surface area contributed by atoms with Gasteiger partial charge in [-0.15, -0.1) is 24.8 Å². The van der Waals surface area contributed by atoms with Gasteiger partial charge in [-0.3, -0.25) is 19.5 Å². The van der Waals surface area contributed by atoms with Crippen molar-refractivity contribution in [2.24, 2.45) is 0 Å². The highest BCUT2D eigenvalue weighted by molar-refractivity contribution is 5.97. The fourth-order valence-electron chi connectivity index (χ4n) is 5.74. The molecule has 0 bridgehead atoms. The number of nitrogens with one attached hydrogen (secondary N) is 1. The topological polar surface area (TPSA) is 68.8 Å². The summed E-state index contributed by atoms with van der Waals surface area (Å²) in [5, 5.41) is 3.54. The fraction of sp³-hybridized carbons (Fsp3) is 0.536. The summed E-state index contributed by atoms with van der Waals surface area (Å²) in [6.07, 6.45) is 4.34. The first-order valence-electron chi connectivity index (χ1n) is 12.9. The van der Waals surface area contributed by atoms with Crippen LogP contribution in [-0.2, 0) is 21.4 Å². The zero-order valence-corrected chi connectivity index (χ0v) is 23.6. The monoisotopic (exact) mass is 547 g/mol. The van der Waals surface area contributed by atoms with Crippen molar-refractivity contribution in [3.05, 3.63) is 59.4 Å². The van der Waals surface area contributed by atoms with Crippen LogP contribution in [0, 0.1) is 0 Å². The van der Waals surface area contributed by atoms with Crippen molar-refractivity contribution >= 4 is 42.3 Å². The Morgan fingerprint density at radius 1 is 1.16 bits per heavy atom. The average Bonchev–Trinajstić information content (AvgIpc) is 3.35. The molecule has 2 atom stereocenters. The van der Waals surface area contributed by atoms with Crippen LogP contribution in [0.25, 0.3) is 0 Å². The summed E-state index contributed by atoms with van der Waals surface area (Å²) in [6.45, 7) is 10.6. The summed E-state index contributed by atoms with van der Waals surface area (Å²) in [4.78, 5) is 37.0. The molecule has 0 unspecified atom stereocenters. The molecule has 2 aromatic rings. The summed E-state index contributed by atoms with van der Waals surface area (Å²) in [7, 11) is 0. The highest BCUT2D eigenvalue weighted by Crippen LogP contribution is 2.39. The van der Waals surface area contributed by atoms with E-state index in [0.29, 0.717) is 32.1 Å². The number of carbonyl (C=O) groups is 2. The lowest BCUT2D eigenvalue weighted by Gasteiger charge is -2.41. The Hall–Kier alpha value is -2.19. The summed E-state index contributed by atoms with van der Waals surface area (Å²) in [5.74, 6) is 0.351. The lowest BCUT2D eigenvalue weighted by Crippen LogP contribution is -2.60. The standard InChI is InChI=1S/C28H37N5O2.2ClH/c1-20-16-32(23(15-29-20)17-31-11-7-10-25(31)34)18-26(35)33-19-28(2,3)27-24(33)13-22(14-30-27)12-21-8-5-4-6-9-21;;/h4-6,8-9,13-14,20,23,29H,7,10-12,15-19H2,1-3H3;2*1H/t20-,23-;;/m1../s1. The second-order valence-corrected chi connectivity index (χ2v) is 11.1. The molecule has 0 radical (unpaired) electrons. The molecule has 7 nitrogen and oxygen atoms in total. The molecule has 37 heavy (non-hydrogen) atoms. The minimum absolute atomic E-state index is 0. The third-order valence-corrected chi connectivity index (χ3v) is 7.63. The summed E-state index contributed by atoms with van der Waals surface area (Å²) < 4.78 is 0. The Morgan fingerprint density at radius 3 is 2.62 bits per heavy atom. The Labute approximate surface area is 232 Å². The van der Waals surface area contributed by atoms with Crippen LogP contribution in [0.4, 0.5) is 5.69 Å². The van der Waals surface area contributed by atoms with Crippen molar-refractivity contribution in [2.45, 2.75) is 57.5 Å². The maximum absolute atomic E-state index is 13.7. The molecule has 0 saturated carbocycles. The molecule has 1 N–H and O–H groups in total. The molecular weight excluding hydrogens is 509 g/mol. The lowest BCUT2D eigenvalue weighted by atomic mass is 9.91. The number of piperazine rings is 1. The summed E-state index contributed by atoms with van der Waals surface area (Å²) in [5.41, 5.74) is 4.11. The Balaban J connectivity index is 0.00000190. The molecule has 0 aliphatic carbocycles. The van der Waals surface area contributed by atoms with Crippen molar-refractivity contribution in [1.82, 2.24) is 20.1 Å². The van der Waals surface area contributed by atoms with Crippen LogP contribution < -0.4 is 10.2 Å². The van der Waals surface area contributed by atoms with Crippen LogP contribution in [0.3, 0.4) is 0 Å². The van der Waals surface area contributed by atoms with Crippen molar-refractivity contribution in [3.63, 3.8) is 0 Å². The molecule has 2 fully saturated rings. The molecule has 1 aromatic heterocycles. The predicted octanol–water partition coefficient (Wildman–Crippen LogP) is 3.42. The van der Waals surface area contributed by atoms with Gasteiger partial charge in [0.05, 0.1) is 17.9 Å². The van der Waals surface area contributed by atoms with Gasteiger partial charge in [-0.2, -0.15) is 0 Å². The van der Waals surface area contributed by atoms with Gasteiger partial charge in [-0.1, -0.05) is 44.2 Å². The van der Waals surface area contributed by atoms with Crippen LogP contribution in [0.15, 0.2) is 42.6 Å². The number of rotatable bonds is 6. The lowest BCUT2D eigenvalue weighted by molar-refractivity contribution is -0.128. The normalized spacial score (nSPS) is 22.8. The number of likely N-dealkylation sites (tertiary alicyclic amines) is 1. The fourth-order valence-corrected chi connectivity index (χ4v) is 5.74. The Morgan fingerprint density at radius 2 is 1.92 bits per heavy atom. The van der Waals surface area contributed by atoms with Crippen LogP contribution in [-0.4, -0.2) is 78.0 Å². The third-order valence-electron chi connectivity index (χ3n) is 7.63. The average molecular weight is 549 g/mol. The largest absolute Gasteiger partial charge is 0.341 e. The van der Waals surface area contributed by atoms with Crippen LogP contribution in [0.2, 0.25) is 0 Å². The van der Waals surface area contributed by atoms with Gasteiger partial charge < -0.3 is 15.1 Å². The van der Waals surface area contributed by atoms with E-state index >= 15 is 0 Å². The first-order valence-corrected chi connectivity index (χ1v) is 12.9. The second-order valence-electron chi connectivity index (χ2n) is 11.1. The number of benzene rings is 1. The van der Waals surface area contributed by atoms with Crippen molar-refractivity contribution in [2.75, 3.05) is 44.2 Å². The van der Waals surface area contributed by atoms with E-state index in [2.05, 4.69) is 61.3 Å². The molecule has 1 aromatic carbocycles. The molecule has 2 saturated heterocycles. The van der Waals surface area contributed by atoms with Crippen LogP contribution >= 0.6 is 24.8 Å². The van der Waals surface area contributed by atoms with Crippen LogP contribution in [0.1, 0.15) is 50.4 Å². The minimum atomic E-state index is -0.186. The highest BCUT2D eigenvalue weighted by atomic mass is 35.5. The summed E-state index contributed by atoms with van der Waals surface area (Å²) >= 11 is 0. The van der Waals surface area contributed by atoms with Gasteiger partial charge in [0.2, 0.25) is 11.8 Å². The van der Waals surface area contributed by atoms with E-state index in [-0.39, 0.29) is 48.1 Å². The summed E-state index contributed by atoms with van der Waals surface area (Å²) in [6, 6.07) is 13.0. The number of pyridine rings is 1. The Bertz CT molecular complexity index is 1100. The van der Waals surface area contributed by atoms with Gasteiger partial charge in [-0.05, 0) is 37.0 Å². The quantitative estimate of drug-likeness (QED) is 0.600. The van der Waals surface area contributed by atoms with Crippen molar-refractivity contribution < 1.29 is 9.59 Å². The number of halogens is 2. The number of nitrogens with zero attached hydrogens (tertiary/aromatic N) is 4. The molecule has 5 rings (SSSR count). The van der Waals surface area contributed by atoms with Gasteiger partial charge >= 0.3 is 0 Å². The van der Waals surface area contributed by atoms with Crippen molar-refractivity contribution in [1.29, 1.82) is 0 Å². The van der Waals surface area contributed by atoms with E-state index in [1.54, 1.807) is 0 Å². The number of amides is 2. The molecule has 3 aliphatic rings. The van der Waals surface area contributed by atoms with Gasteiger partial charge in [0, 0.05) is 62.8 Å². The number of hydrogen-bond donors (Lipinski definition) is 1. The predicted molar refractivity (Wildman–Crippen MR) is 152 cm³/mol. The van der Waals surface area contributed by atoms with E-state index in [1.165, 1.54) is 5.56 Å². The van der Waals surface area contributed by atoms with Crippen LogP contribution in [0.5, 0.6) is 0 Å². The van der Waals surface area contributed by atoms with Gasteiger partial charge in [-0.25, -0.2) is 0 Å². The second kappa shape index (κ2) is 12.1. The van der Waals surface area contributed by atoms with E-state index < -0.39 is 0 Å². The molecule has 2 amide bonds. The molecule has 0 spiro atoms. The van der Waals surface area contributed by atoms with Gasteiger partial charge in [0.15, 0.2) is 0 Å². The first-order chi connectivity index (χ1) is 16.8. The SMILES string of the molecule is C[C@@H]1CN(CC(=O)N2CC(C)(C)c3ncc(Cc4ccccc4)cc32)[C@@H](CN2CCCC2=O)CN1.Cl.Cl. The van der Waals surface area contributed by atoms with E-state index in [9.17, 15) is 9.59 Å². The zero-order valence-electron chi connectivity index (χ0n) is 22.0.